The molecule has 3 rings (SSSR count). The largest absolute Gasteiger partial charge is 0.467 e. The van der Waals surface area contributed by atoms with Gasteiger partial charge in [-0.25, -0.2) is 0 Å². The number of thioether (sulfide) groups is 1. The van der Waals surface area contributed by atoms with Crippen LogP contribution in [0.5, 0.6) is 0 Å². The van der Waals surface area contributed by atoms with Crippen molar-refractivity contribution in [3.63, 3.8) is 0 Å². The normalized spacial score (nSPS) is 10.8. The van der Waals surface area contributed by atoms with E-state index in [-0.39, 0.29) is 0 Å². The molecule has 3 aromatic rings. The summed E-state index contributed by atoms with van der Waals surface area (Å²) >= 11 is 1.69. The molecule has 1 aromatic carbocycles. The van der Waals surface area contributed by atoms with Crippen molar-refractivity contribution < 1.29 is 4.42 Å². The van der Waals surface area contributed by atoms with Crippen LogP contribution in [-0.4, -0.2) is 14.8 Å². The van der Waals surface area contributed by atoms with E-state index in [0.717, 1.165) is 16.7 Å². The zero-order valence-electron chi connectivity index (χ0n) is 11.2. The van der Waals surface area contributed by atoms with Crippen LogP contribution >= 0.6 is 11.8 Å². The lowest BCUT2D eigenvalue weighted by atomic mass is 10.1. The Kier molecular flexibility index (Phi) is 3.87. The average Bonchev–Trinajstić information content (AvgIpc) is 3.10. The minimum Gasteiger partial charge on any atom is -0.467 e. The first-order chi connectivity index (χ1) is 9.83. The smallest absolute Gasteiger partial charge is 0.191 e. The summed E-state index contributed by atoms with van der Waals surface area (Å²) in [7, 11) is 0. The number of rotatable bonds is 5. The van der Waals surface area contributed by atoms with Crippen molar-refractivity contribution in [3.05, 3.63) is 65.9 Å². The van der Waals surface area contributed by atoms with Gasteiger partial charge in [-0.05, 0) is 30.2 Å². The minimum atomic E-state index is 0.663. The Bertz CT molecular complexity index is 676. The van der Waals surface area contributed by atoms with Crippen LogP contribution in [0.15, 0.2) is 58.6 Å². The average molecular weight is 285 g/mol. The van der Waals surface area contributed by atoms with Crippen LogP contribution in [0.25, 0.3) is 0 Å². The van der Waals surface area contributed by atoms with Gasteiger partial charge in [0.05, 0.1) is 12.8 Å². The molecule has 0 radical (unpaired) electrons. The van der Waals surface area contributed by atoms with Crippen LogP contribution in [0.3, 0.4) is 0 Å². The fourth-order valence-electron chi connectivity index (χ4n) is 1.95. The maximum atomic E-state index is 5.36. The van der Waals surface area contributed by atoms with E-state index < -0.39 is 0 Å². The number of hydrogen-bond donors (Lipinski definition) is 0. The maximum absolute atomic E-state index is 5.36. The molecule has 0 aliphatic carbocycles. The lowest BCUT2D eigenvalue weighted by Crippen LogP contribution is -1.99. The molecule has 0 unspecified atom stereocenters. The van der Waals surface area contributed by atoms with Crippen molar-refractivity contribution in [2.75, 3.05) is 0 Å². The van der Waals surface area contributed by atoms with Crippen molar-refractivity contribution >= 4 is 11.8 Å². The summed E-state index contributed by atoms with van der Waals surface area (Å²) < 4.78 is 7.36. The molecule has 2 aromatic heterocycles. The first-order valence-electron chi connectivity index (χ1n) is 6.40. The van der Waals surface area contributed by atoms with Crippen LogP contribution < -0.4 is 0 Å². The lowest BCUT2D eigenvalue weighted by molar-refractivity contribution is 0.484. The van der Waals surface area contributed by atoms with Gasteiger partial charge in [-0.2, -0.15) is 0 Å². The summed E-state index contributed by atoms with van der Waals surface area (Å²) in [5.74, 6) is 1.80. The summed E-state index contributed by atoms with van der Waals surface area (Å²) in [5, 5.41) is 9.07. The molecule has 0 aliphatic rings. The van der Waals surface area contributed by atoms with Gasteiger partial charge in [-0.15, -0.1) is 10.2 Å². The van der Waals surface area contributed by atoms with E-state index in [9.17, 15) is 0 Å². The number of furan rings is 1. The standard InChI is InChI=1S/C15H15N3OS/c1-12-5-2-3-6-13(12)10-20-15-17-16-11-18(15)9-14-7-4-8-19-14/h2-8,11H,9-10H2,1H3. The summed E-state index contributed by atoms with van der Waals surface area (Å²) in [6, 6.07) is 12.2. The third kappa shape index (κ3) is 2.93. The van der Waals surface area contributed by atoms with Gasteiger partial charge in [0, 0.05) is 5.75 Å². The summed E-state index contributed by atoms with van der Waals surface area (Å²) in [4.78, 5) is 0. The Morgan fingerprint density at radius 1 is 1.20 bits per heavy atom. The van der Waals surface area contributed by atoms with Gasteiger partial charge in [-0.1, -0.05) is 36.0 Å². The monoisotopic (exact) mass is 285 g/mol. The Labute approximate surface area is 121 Å². The van der Waals surface area contributed by atoms with Crippen LogP contribution in [0.2, 0.25) is 0 Å². The van der Waals surface area contributed by atoms with Crippen molar-refractivity contribution in [2.45, 2.75) is 24.4 Å². The molecule has 20 heavy (non-hydrogen) atoms. The second-order valence-corrected chi connectivity index (χ2v) is 5.48. The molecular formula is C15H15N3OS. The molecular weight excluding hydrogens is 270 g/mol. The molecule has 0 spiro atoms. The summed E-state index contributed by atoms with van der Waals surface area (Å²) in [6.07, 6.45) is 3.42. The van der Waals surface area contributed by atoms with Gasteiger partial charge < -0.3 is 8.98 Å². The van der Waals surface area contributed by atoms with Crippen LogP contribution in [-0.2, 0) is 12.3 Å². The highest BCUT2D eigenvalue weighted by Gasteiger charge is 2.08. The number of aromatic nitrogens is 3. The SMILES string of the molecule is Cc1ccccc1CSc1nncn1Cc1ccco1. The van der Waals surface area contributed by atoms with Gasteiger partial charge in [0.2, 0.25) is 0 Å². The van der Waals surface area contributed by atoms with Gasteiger partial charge in [0.25, 0.3) is 0 Å². The van der Waals surface area contributed by atoms with Crippen molar-refractivity contribution in [3.8, 4) is 0 Å². The van der Waals surface area contributed by atoms with E-state index in [1.807, 2.05) is 16.7 Å². The molecule has 2 heterocycles. The van der Waals surface area contributed by atoms with E-state index in [1.54, 1.807) is 24.4 Å². The van der Waals surface area contributed by atoms with E-state index in [4.69, 9.17) is 4.42 Å². The van der Waals surface area contributed by atoms with Crippen LogP contribution in [0.4, 0.5) is 0 Å². The van der Waals surface area contributed by atoms with Crippen molar-refractivity contribution in [1.29, 1.82) is 0 Å². The highest BCUT2D eigenvalue weighted by molar-refractivity contribution is 7.98. The Balaban J connectivity index is 1.69. The molecule has 0 bridgehead atoms. The van der Waals surface area contributed by atoms with Gasteiger partial charge in [0.1, 0.15) is 12.1 Å². The molecule has 4 nitrogen and oxygen atoms in total. The quantitative estimate of drug-likeness (QED) is 0.673. The predicted octanol–water partition coefficient (Wildman–Crippen LogP) is 3.52. The number of hydrogen-bond acceptors (Lipinski definition) is 4. The highest BCUT2D eigenvalue weighted by Crippen LogP contribution is 2.23. The Morgan fingerprint density at radius 3 is 2.90 bits per heavy atom. The van der Waals surface area contributed by atoms with Crippen molar-refractivity contribution in [1.82, 2.24) is 14.8 Å². The zero-order valence-corrected chi connectivity index (χ0v) is 12.0. The topological polar surface area (TPSA) is 43.9 Å². The lowest BCUT2D eigenvalue weighted by Gasteiger charge is -2.06. The number of aryl methyl sites for hydroxylation is 1. The Hall–Kier alpha value is -2.01. The first-order valence-corrected chi connectivity index (χ1v) is 7.39. The number of nitrogens with zero attached hydrogens (tertiary/aromatic N) is 3. The predicted molar refractivity (Wildman–Crippen MR) is 78.6 cm³/mol. The molecule has 0 amide bonds. The van der Waals surface area contributed by atoms with Crippen LogP contribution in [0, 0.1) is 6.92 Å². The van der Waals surface area contributed by atoms with E-state index in [1.165, 1.54) is 11.1 Å². The summed E-state index contributed by atoms with van der Waals surface area (Å²) in [6.45, 7) is 2.79. The molecule has 0 fully saturated rings. The van der Waals surface area contributed by atoms with Crippen LogP contribution in [0.1, 0.15) is 16.9 Å². The van der Waals surface area contributed by atoms with E-state index in [0.29, 0.717) is 6.54 Å². The summed E-state index contributed by atoms with van der Waals surface area (Å²) in [5.41, 5.74) is 2.63. The van der Waals surface area contributed by atoms with Crippen molar-refractivity contribution in [2.24, 2.45) is 0 Å². The van der Waals surface area contributed by atoms with E-state index >= 15 is 0 Å². The van der Waals surface area contributed by atoms with Gasteiger partial charge >= 0.3 is 0 Å². The molecule has 0 atom stereocenters. The van der Waals surface area contributed by atoms with Gasteiger partial charge in [-0.3, -0.25) is 0 Å². The van der Waals surface area contributed by atoms with Gasteiger partial charge in [0.15, 0.2) is 5.16 Å². The zero-order chi connectivity index (χ0) is 13.8. The fourth-order valence-corrected chi connectivity index (χ4v) is 2.94. The molecule has 5 heteroatoms. The molecule has 0 N–H and O–H groups in total. The Morgan fingerprint density at radius 2 is 2.10 bits per heavy atom. The molecule has 0 aliphatic heterocycles. The highest BCUT2D eigenvalue weighted by atomic mass is 32.2. The third-order valence-electron chi connectivity index (χ3n) is 3.10. The maximum Gasteiger partial charge on any atom is 0.191 e. The minimum absolute atomic E-state index is 0.663. The molecule has 0 saturated carbocycles. The fraction of sp³-hybridized carbons (Fsp3) is 0.200. The van der Waals surface area contributed by atoms with E-state index in [2.05, 4.69) is 41.4 Å². The molecule has 102 valence electrons. The first kappa shape index (κ1) is 13.0. The second kappa shape index (κ2) is 5.96. The second-order valence-electron chi connectivity index (χ2n) is 4.54. The molecule has 0 saturated heterocycles. The third-order valence-corrected chi connectivity index (χ3v) is 4.13. The number of benzene rings is 1.